The molecule has 0 aliphatic carbocycles. The lowest BCUT2D eigenvalue weighted by Gasteiger charge is -2.38. The molecule has 0 spiro atoms. The Balaban J connectivity index is 1.98. The molecule has 0 aromatic heterocycles. The van der Waals surface area contributed by atoms with Crippen molar-refractivity contribution in [2.45, 2.75) is 45.3 Å². The topological polar surface area (TPSA) is 81.5 Å². The van der Waals surface area contributed by atoms with Crippen molar-refractivity contribution in [3.05, 3.63) is 34.5 Å². The van der Waals surface area contributed by atoms with Gasteiger partial charge in [0.2, 0.25) is 0 Å². The van der Waals surface area contributed by atoms with E-state index in [1.807, 2.05) is 32.7 Å². The largest absolute Gasteiger partial charge is 0.444 e. The Kier molecular flexibility index (Phi) is 5.74. The third-order valence-electron chi connectivity index (χ3n) is 4.14. The van der Waals surface area contributed by atoms with Crippen molar-refractivity contribution < 1.29 is 13.9 Å². The molecule has 7 nitrogen and oxygen atoms in total. The summed E-state index contributed by atoms with van der Waals surface area (Å²) < 4.78 is 19.6. The van der Waals surface area contributed by atoms with E-state index in [9.17, 15) is 9.18 Å². The molecule has 1 aromatic carbocycles. The van der Waals surface area contributed by atoms with Crippen molar-refractivity contribution in [1.29, 1.82) is 0 Å². The second kappa shape index (κ2) is 7.61. The number of nitrogens with zero attached hydrogens (tertiary/aromatic N) is 5. The first-order chi connectivity index (χ1) is 11.7. The van der Waals surface area contributed by atoms with Gasteiger partial charge in [0, 0.05) is 36.8 Å². The number of carbonyl (C=O) groups excluding carboxylic acids is 1. The Labute approximate surface area is 147 Å². The summed E-state index contributed by atoms with van der Waals surface area (Å²) in [5.74, 6) is -0.429. The summed E-state index contributed by atoms with van der Waals surface area (Å²) in [5.41, 5.74) is 8.60. The van der Waals surface area contributed by atoms with Crippen molar-refractivity contribution in [1.82, 2.24) is 4.90 Å². The van der Waals surface area contributed by atoms with Gasteiger partial charge in [0.15, 0.2) is 0 Å². The predicted molar refractivity (Wildman–Crippen MR) is 94.4 cm³/mol. The second-order valence-corrected chi connectivity index (χ2v) is 7.13. The van der Waals surface area contributed by atoms with Crippen molar-refractivity contribution >= 4 is 17.5 Å². The molecular formula is C17H24FN5O2. The van der Waals surface area contributed by atoms with Crippen LogP contribution in [0.25, 0.3) is 10.4 Å². The molecule has 0 bridgehead atoms. The SMILES string of the molecule is CN(c1ccc(N=[N+]=[N-])cc1F)C1CCN(C(=O)OC(C)(C)C)CC1. The summed E-state index contributed by atoms with van der Waals surface area (Å²) in [6, 6.07) is 4.55. The van der Waals surface area contributed by atoms with Crippen LogP contribution in [0.1, 0.15) is 33.6 Å². The van der Waals surface area contributed by atoms with Crippen LogP contribution in [0.3, 0.4) is 0 Å². The van der Waals surface area contributed by atoms with E-state index in [-0.39, 0.29) is 17.8 Å². The molecule has 0 unspecified atom stereocenters. The number of likely N-dealkylation sites (tertiary alicyclic amines) is 1. The van der Waals surface area contributed by atoms with Crippen LogP contribution in [0.4, 0.5) is 20.6 Å². The molecule has 1 aromatic rings. The third kappa shape index (κ3) is 5.00. The van der Waals surface area contributed by atoms with Gasteiger partial charge in [-0.3, -0.25) is 0 Å². The molecule has 25 heavy (non-hydrogen) atoms. The van der Waals surface area contributed by atoms with E-state index in [1.165, 1.54) is 6.07 Å². The van der Waals surface area contributed by atoms with Crippen LogP contribution in [0.2, 0.25) is 0 Å². The average molecular weight is 349 g/mol. The van der Waals surface area contributed by atoms with Crippen molar-refractivity contribution in [2.75, 3.05) is 25.0 Å². The van der Waals surface area contributed by atoms with Crippen LogP contribution >= 0.6 is 0 Å². The van der Waals surface area contributed by atoms with Crippen LogP contribution in [0, 0.1) is 5.82 Å². The minimum Gasteiger partial charge on any atom is -0.444 e. The van der Waals surface area contributed by atoms with Gasteiger partial charge in [0.05, 0.1) is 5.69 Å². The normalized spacial score (nSPS) is 15.5. The fourth-order valence-electron chi connectivity index (χ4n) is 2.85. The molecule has 136 valence electrons. The molecule has 0 saturated carbocycles. The molecule has 0 radical (unpaired) electrons. The van der Waals surface area contributed by atoms with Gasteiger partial charge in [-0.25, -0.2) is 9.18 Å². The number of piperidine rings is 1. The lowest BCUT2D eigenvalue weighted by Crippen LogP contribution is -2.47. The van der Waals surface area contributed by atoms with Crippen molar-refractivity contribution in [2.24, 2.45) is 5.11 Å². The maximum absolute atomic E-state index is 14.3. The maximum Gasteiger partial charge on any atom is 0.410 e. The molecule has 1 fully saturated rings. The number of ether oxygens (including phenoxy) is 1. The minimum atomic E-state index is -0.512. The van der Waals surface area contributed by atoms with Crippen LogP contribution in [0.5, 0.6) is 0 Å². The fourth-order valence-corrected chi connectivity index (χ4v) is 2.85. The van der Waals surface area contributed by atoms with Gasteiger partial charge < -0.3 is 14.5 Å². The number of halogens is 1. The van der Waals surface area contributed by atoms with Gasteiger partial charge in [-0.05, 0) is 51.3 Å². The van der Waals surface area contributed by atoms with E-state index in [4.69, 9.17) is 10.3 Å². The summed E-state index contributed by atoms with van der Waals surface area (Å²) in [4.78, 5) is 18.3. The molecule has 1 amide bonds. The Morgan fingerprint density at radius 3 is 2.56 bits per heavy atom. The van der Waals surface area contributed by atoms with E-state index in [2.05, 4.69) is 10.0 Å². The number of amides is 1. The fraction of sp³-hybridized carbons (Fsp3) is 0.588. The first-order valence-electron chi connectivity index (χ1n) is 8.26. The first kappa shape index (κ1) is 18.9. The monoisotopic (exact) mass is 349 g/mol. The van der Waals surface area contributed by atoms with E-state index in [0.717, 1.165) is 12.8 Å². The highest BCUT2D eigenvalue weighted by Gasteiger charge is 2.29. The maximum atomic E-state index is 14.3. The Morgan fingerprint density at radius 1 is 1.40 bits per heavy atom. The zero-order valence-electron chi connectivity index (χ0n) is 15.1. The van der Waals surface area contributed by atoms with Gasteiger partial charge >= 0.3 is 6.09 Å². The molecule has 0 N–H and O–H groups in total. The van der Waals surface area contributed by atoms with Crippen LogP contribution in [-0.4, -0.2) is 42.8 Å². The lowest BCUT2D eigenvalue weighted by atomic mass is 10.0. The Bertz CT molecular complexity index is 674. The highest BCUT2D eigenvalue weighted by atomic mass is 19.1. The van der Waals surface area contributed by atoms with E-state index in [0.29, 0.717) is 18.8 Å². The third-order valence-corrected chi connectivity index (χ3v) is 4.14. The van der Waals surface area contributed by atoms with E-state index in [1.54, 1.807) is 17.0 Å². The van der Waals surface area contributed by atoms with Gasteiger partial charge in [-0.1, -0.05) is 11.2 Å². The Morgan fingerprint density at radius 2 is 2.04 bits per heavy atom. The number of rotatable bonds is 3. The van der Waals surface area contributed by atoms with Gasteiger partial charge in [-0.2, -0.15) is 0 Å². The average Bonchev–Trinajstić information content (AvgIpc) is 2.53. The highest BCUT2D eigenvalue weighted by Crippen LogP contribution is 2.28. The summed E-state index contributed by atoms with van der Waals surface area (Å²) in [7, 11) is 1.83. The zero-order valence-corrected chi connectivity index (χ0v) is 15.1. The zero-order chi connectivity index (χ0) is 18.6. The predicted octanol–water partition coefficient (Wildman–Crippen LogP) is 4.60. The highest BCUT2D eigenvalue weighted by molar-refractivity contribution is 5.68. The molecule has 1 aliphatic heterocycles. The lowest BCUT2D eigenvalue weighted by molar-refractivity contribution is 0.0205. The smallest absolute Gasteiger partial charge is 0.410 e. The van der Waals surface area contributed by atoms with E-state index < -0.39 is 11.4 Å². The quantitative estimate of drug-likeness (QED) is 0.454. The van der Waals surface area contributed by atoms with Gasteiger partial charge in [-0.15, -0.1) is 0 Å². The number of hydrogen-bond acceptors (Lipinski definition) is 4. The van der Waals surface area contributed by atoms with Gasteiger partial charge in [0.25, 0.3) is 0 Å². The second-order valence-electron chi connectivity index (χ2n) is 7.13. The van der Waals surface area contributed by atoms with Crippen molar-refractivity contribution in [3.8, 4) is 0 Å². The Hall–Kier alpha value is -2.47. The molecule has 1 heterocycles. The summed E-state index contributed by atoms with van der Waals surface area (Å²) in [6.45, 7) is 6.67. The standard InChI is InChI=1S/C17H24FN5O2/c1-17(2,3)25-16(24)23-9-7-13(8-10-23)22(4)15-6-5-12(20-21-19)11-14(15)18/h5-6,11,13H,7-10H2,1-4H3. The summed E-state index contributed by atoms with van der Waals surface area (Å²) in [5, 5.41) is 3.40. The van der Waals surface area contributed by atoms with Gasteiger partial charge in [0.1, 0.15) is 11.4 Å². The number of azide groups is 1. The summed E-state index contributed by atoms with van der Waals surface area (Å²) in [6.07, 6.45) is 1.15. The molecular weight excluding hydrogens is 325 g/mol. The first-order valence-corrected chi connectivity index (χ1v) is 8.26. The van der Waals surface area contributed by atoms with Crippen molar-refractivity contribution in [3.63, 3.8) is 0 Å². The molecule has 0 atom stereocenters. The van der Waals surface area contributed by atoms with Crippen LogP contribution < -0.4 is 4.90 Å². The number of benzene rings is 1. The molecule has 2 rings (SSSR count). The number of carbonyl (C=O) groups is 1. The molecule has 8 heteroatoms. The molecule has 1 saturated heterocycles. The van der Waals surface area contributed by atoms with Crippen LogP contribution in [-0.2, 0) is 4.74 Å². The number of anilines is 1. The van der Waals surface area contributed by atoms with Crippen LogP contribution in [0.15, 0.2) is 23.3 Å². The summed E-state index contributed by atoms with van der Waals surface area (Å²) >= 11 is 0. The van der Waals surface area contributed by atoms with E-state index >= 15 is 0 Å². The minimum absolute atomic E-state index is 0.124. The number of hydrogen-bond donors (Lipinski definition) is 0. The molecule has 1 aliphatic rings.